The number of thiophene rings is 1. The Balaban J connectivity index is 1.69. The normalized spacial score (nSPS) is 20.1. The molecule has 1 saturated carbocycles. The van der Waals surface area contributed by atoms with Crippen molar-refractivity contribution in [1.29, 1.82) is 0 Å². The van der Waals surface area contributed by atoms with Crippen molar-refractivity contribution in [3.8, 4) is 0 Å². The van der Waals surface area contributed by atoms with E-state index in [1.165, 1.54) is 41.5 Å². The van der Waals surface area contributed by atoms with Gasteiger partial charge in [0.2, 0.25) is 0 Å². The topological polar surface area (TPSA) is 12.0 Å². The van der Waals surface area contributed by atoms with E-state index in [1.54, 1.807) is 0 Å². The molecule has 1 aromatic carbocycles. The minimum Gasteiger partial charge on any atom is -0.382 e. The lowest BCUT2D eigenvalue weighted by Gasteiger charge is -2.35. The van der Waals surface area contributed by atoms with Gasteiger partial charge >= 0.3 is 0 Å². The number of hydrogen-bond acceptors (Lipinski definition) is 2. The molecule has 96 valence electrons. The smallest absolute Gasteiger partial charge is 0.0349 e. The highest BCUT2D eigenvalue weighted by Gasteiger charge is 2.26. The van der Waals surface area contributed by atoms with Crippen molar-refractivity contribution >= 4 is 27.1 Å². The molecule has 1 N–H and O–H groups in total. The Hall–Kier alpha value is -1.02. The number of fused-ring (bicyclic) bond motifs is 1. The summed E-state index contributed by atoms with van der Waals surface area (Å²) < 4.78 is 1.38. The number of nitrogens with one attached hydrogen (secondary N) is 1. The fraction of sp³-hybridized carbons (Fsp3) is 0.500. The second kappa shape index (κ2) is 4.58. The lowest BCUT2D eigenvalue weighted by Crippen LogP contribution is -2.29. The van der Waals surface area contributed by atoms with E-state index < -0.39 is 0 Å². The number of benzene rings is 1. The van der Waals surface area contributed by atoms with E-state index in [0.717, 1.165) is 0 Å². The fourth-order valence-corrected chi connectivity index (χ4v) is 3.61. The monoisotopic (exact) mass is 259 g/mol. The zero-order chi connectivity index (χ0) is 12.6. The minimum atomic E-state index is 0.551. The third kappa shape index (κ3) is 2.54. The molecule has 1 fully saturated rings. The van der Waals surface area contributed by atoms with Crippen LogP contribution in [-0.4, -0.2) is 6.04 Å². The van der Waals surface area contributed by atoms with Gasteiger partial charge in [-0.2, -0.15) is 0 Å². The second-order valence-corrected chi connectivity index (χ2v) is 7.20. The van der Waals surface area contributed by atoms with Gasteiger partial charge in [-0.3, -0.25) is 0 Å². The highest BCUT2D eigenvalue weighted by Crippen LogP contribution is 2.36. The average Bonchev–Trinajstić information content (AvgIpc) is 2.79. The summed E-state index contributed by atoms with van der Waals surface area (Å²) in [6.07, 6.45) is 5.28. The summed E-state index contributed by atoms with van der Waals surface area (Å²) in [6.45, 7) is 4.78. The SMILES string of the molecule is CC1(C)CCC(Nc2ccc3sccc3c2)CC1. The van der Waals surface area contributed by atoms with Gasteiger partial charge < -0.3 is 5.32 Å². The van der Waals surface area contributed by atoms with Crippen LogP contribution in [0, 0.1) is 5.41 Å². The molecule has 2 aromatic rings. The maximum atomic E-state index is 3.71. The van der Waals surface area contributed by atoms with Crippen LogP contribution in [0.15, 0.2) is 29.6 Å². The van der Waals surface area contributed by atoms with Crippen LogP contribution in [0.1, 0.15) is 39.5 Å². The van der Waals surface area contributed by atoms with E-state index in [0.29, 0.717) is 11.5 Å². The van der Waals surface area contributed by atoms with Crippen LogP contribution in [0.2, 0.25) is 0 Å². The van der Waals surface area contributed by atoms with E-state index >= 15 is 0 Å². The highest BCUT2D eigenvalue weighted by molar-refractivity contribution is 7.17. The summed E-state index contributed by atoms with van der Waals surface area (Å²) in [5.74, 6) is 0. The van der Waals surface area contributed by atoms with Crippen LogP contribution >= 0.6 is 11.3 Å². The summed E-state index contributed by atoms with van der Waals surface area (Å²) in [5, 5.41) is 7.23. The Bertz CT molecular complexity index is 531. The van der Waals surface area contributed by atoms with Gasteiger partial charge in [0.05, 0.1) is 0 Å². The molecule has 0 unspecified atom stereocenters. The van der Waals surface area contributed by atoms with Gasteiger partial charge in [0, 0.05) is 16.4 Å². The number of rotatable bonds is 2. The van der Waals surface area contributed by atoms with Crippen LogP contribution in [0.3, 0.4) is 0 Å². The third-order valence-corrected chi connectivity index (χ3v) is 5.06. The van der Waals surface area contributed by atoms with E-state index in [1.807, 2.05) is 11.3 Å². The average molecular weight is 259 g/mol. The maximum absolute atomic E-state index is 3.71. The molecule has 1 nitrogen and oxygen atoms in total. The molecule has 0 radical (unpaired) electrons. The van der Waals surface area contributed by atoms with Crippen molar-refractivity contribution in [2.75, 3.05) is 5.32 Å². The standard InChI is InChI=1S/C16H21NS/c1-16(2)8-5-13(6-9-16)17-14-3-4-15-12(11-14)7-10-18-15/h3-4,7,10-11,13,17H,5-6,8-9H2,1-2H3. The van der Waals surface area contributed by atoms with Crippen molar-refractivity contribution < 1.29 is 0 Å². The zero-order valence-electron chi connectivity index (χ0n) is 11.2. The Morgan fingerprint density at radius 3 is 2.72 bits per heavy atom. The third-order valence-electron chi connectivity index (χ3n) is 4.16. The van der Waals surface area contributed by atoms with E-state index in [9.17, 15) is 0 Å². The van der Waals surface area contributed by atoms with Crippen LogP contribution in [0.4, 0.5) is 5.69 Å². The van der Waals surface area contributed by atoms with Crippen LogP contribution < -0.4 is 5.32 Å². The lowest BCUT2D eigenvalue weighted by molar-refractivity contribution is 0.232. The van der Waals surface area contributed by atoms with Gasteiger partial charge in [0.15, 0.2) is 0 Å². The second-order valence-electron chi connectivity index (χ2n) is 6.26. The Morgan fingerprint density at radius 2 is 1.94 bits per heavy atom. The van der Waals surface area contributed by atoms with E-state index in [-0.39, 0.29) is 0 Å². The van der Waals surface area contributed by atoms with E-state index in [4.69, 9.17) is 0 Å². The van der Waals surface area contributed by atoms with Crippen LogP contribution in [0.25, 0.3) is 10.1 Å². The van der Waals surface area contributed by atoms with Gasteiger partial charge in [-0.25, -0.2) is 0 Å². The molecule has 0 bridgehead atoms. The van der Waals surface area contributed by atoms with Gasteiger partial charge in [-0.15, -0.1) is 11.3 Å². The quantitative estimate of drug-likeness (QED) is 0.773. The Labute approximate surface area is 113 Å². The van der Waals surface area contributed by atoms with Crippen molar-refractivity contribution in [1.82, 2.24) is 0 Å². The predicted octanol–water partition coefficient (Wildman–Crippen LogP) is 5.28. The van der Waals surface area contributed by atoms with Gasteiger partial charge in [-0.1, -0.05) is 13.8 Å². The highest BCUT2D eigenvalue weighted by atomic mass is 32.1. The molecular weight excluding hydrogens is 238 g/mol. The molecule has 0 amide bonds. The predicted molar refractivity (Wildman–Crippen MR) is 81.5 cm³/mol. The van der Waals surface area contributed by atoms with Gasteiger partial charge in [0.25, 0.3) is 0 Å². The molecule has 1 aromatic heterocycles. The van der Waals surface area contributed by atoms with Crippen LogP contribution in [0.5, 0.6) is 0 Å². The zero-order valence-corrected chi connectivity index (χ0v) is 12.0. The molecule has 18 heavy (non-hydrogen) atoms. The largest absolute Gasteiger partial charge is 0.382 e. The molecule has 0 spiro atoms. The first-order chi connectivity index (χ1) is 8.62. The molecule has 1 heterocycles. The summed E-state index contributed by atoms with van der Waals surface area (Å²) in [5.41, 5.74) is 1.83. The summed E-state index contributed by atoms with van der Waals surface area (Å²) in [7, 11) is 0. The minimum absolute atomic E-state index is 0.551. The summed E-state index contributed by atoms with van der Waals surface area (Å²) >= 11 is 1.81. The van der Waals surface area contributed by atoms with Crippen molar-refractivity contribution in [3.63, 3.8) is 0 Å². The molecule has 0 saturated heterocycles. The molecule has 1 aliphatic carbocycles. The first-order valence-electron chi connectivity index (χ1n) is 6.86. The lowest BCUT2D eigenvalue weighted by atomic mass is 9.75. The van der Waals surface area contributed by atoms with Crippen molar-refractivity contribution in [2.24, 2.45) is 5.41 Å². The van der Waals surface area contributed by atoms with Crippen molar-refractivity contribution in [2.45, 2.75) is 45.6 Å². The summed E-state index contributed by atoms with van der Waals surface area (Å²) in [4.78, 5) is 0. The number of anilines is 1. The van der Waals surface area contributed by atoms with Gasteiger partial charge in [0.1, 0.15) is 0 Å². The molecule has 3 rings (SSSR count). The van der Waals surface area contributed by atoms with E-state index in [2.05, 4.69) is 48.8 Å². The molecule has 0 atom stereocenters. The molecule has 2 heteroatoms. The molecular formula is C16H21NS. The van der Waals surface area contributed by atoms with Crippen LogP contribution in [-0.2, 0) is 0 Å². The maximum Gasteiger partial charge on any atom is 0.0349 e. The molecule has 0 aliphatic heterocycles. The number of hydrogen-bond donors (Lipinski definition) is 1. The molecule has 1 aliphatic rings. The Morgan fingerprint density at radius 1 is 1.17 bits per heavy atom. The first kappa shape index (κ1) is 12.0. The Kier molecular flexibility index (Phi) is 3.06. The summed E-state index contributed by atoms with van der Waals surface area (Å²) in [6, 6.07) is 9.60. The fourth-order valence-electron chi connectivity index (χ4n) is 2.84. The first-order valence-corrected chi connectivity index (χ1v) is 7.74. The van der Waals surface area contributed by atoms with Gasteiger partial charge in [-0.05, 0) is 66.1 Å². The van der Waals surface area contributed by atoms with Crippen molar-refractivity contribution in [3.05, 3.63) is 29.6 Å².